The number of nitrogens with zero attached hydrogens (tertiary/aromatic N) is 4. The number of pyridine rings is 1. The summed E-state index contributed by atoms with van der Waals surface area (Å²) in [7, 11) is 0. The van der Waals surface area contributed by atoms with Crippen LogP contribution in [0.1, 0.15) is 12.8 Å². The van der Waals surface area contributed by atoms with Gasteiger partial charge in [-0.25, -0.2) is 4.98 Å². The van der Waals surface area contributed by atoms with Crippen molar-refractivity contribution < 1.29 is 0 Å². The number of fused-ring (bicyclic) bond motifs is 2. The number of hydrogen-bond acceptors (Lipinski definition) is 6. The average molecular weight is 352 g/mol. The Morgan fingerprint density at radius 2 is 2.04 bits per heavy atom. The first kappa shape index (κ1) is 14.4. The normalized spacial score (nSPS) is 14.1. The first-order valence-corrected chi connectivity index (χ1v) is 8.43. The molecule has 5 rings (SSSR count). The average Bonchev–Trinajstić information content (AvgIpc) is 3.31. The van der Waals surface area contributed by atoms with E-state index < -0.39 is 0 Å². The van der Waals surface area contributed by atoms with Gasteiger partial charge in [0.25, 0.3) is 0 Å². The molecule has 1 aromatic carbocycles. The van der Waals surface area contributed by atoms with Gasteiger partial charge in [0.1, 0.15) is 5.52 Å². The summed E-state index contributed by atoms with van der Waals surface area (Å²) in [5, 5.41) is 8.13. The van der Waals surface area contributed by atoms with Crippen LogP contribution in [0.25, 0.3) is 22.1 Å². The first-order chi connectivity index (χ1) is 12.3. The number of halogens is 1. The Hall–Kier alpha value is -2.93. The van der Waals surface area contributed by atoms with E-state index in [1.54, 1.807) is 12.5 Å². The summed E-state index contributed by atoms with van der Waals surface area (Å²) in [4.78, 5) is 20.7. The molecule has 0 saturated heterocycles. The number of imidazole rings is 1. The number of aromatic nitrogens is 5. The molecule has 1 aliphatic carbocycles. The molecule has 124 valence electrons. The number of nitrogens with one attached hydrogen (secondary N) is 3. The highest BCUT2D eigenvalue weighted by atomic mass is 35.5. The van der Waals surface area contributed by atoms with Crippen LogP contribution in [0.3, 0.4) is 0 Å². The minimum absolute atomic E-state index is 0.444. The number of rotatable bonds is 4. The molecule has 0 unspecified atom stereocenters. The molecular formula is C17H14ClN7. The monoisotopic (exact) mass is 351 g/mol. The Kier molecular flexibility index (Phi) is 3.21. The standard InChI is InChI=1S/C17H14ClN7/c18-12-11(6-3-9-2-1-7-19-13(9)12)23-17-24-15-14(20-8-21-15)16(25-17)22-10-4-5-10/h1-3,6-8,10H,4-5H2,(H3,20,21,22,23,24,25). The van der Waals surface area contributed by atoms with E-state index in [0.29, 0.717) is 28.3 Å². The molecule has 1 saturated carbocycles. The van der Waals surface area contributed by atoms with E-state index in [1.165, 1.54) is 0 Å². The fourth-order valence-corrected chi connectivity index (χ4v) is 3.01. The van der Waals surface area contributed by atoms with E-state index in [-0.39, 0.29) is 0 Å². The topological polar surface area (TPSA) is 91.4 Å². The van der Waals surface area contributed by atoms with Gasteiger partial charge in [-0.3, -0.25) is 4.98 Å². The zero-order valence-electron chi connectivity index (χ0n) is 13.1. The predicted molar refractivity (Wildman–Crippen MR) is 98.4 cm³/mol. The van der Waals surface area contributed by atoms with Crippen LogP contribution in [-0.2, 0) is 0 Å². The second-order valence-corrected chi connectivity index (χ2v) is 6.42. The van der Waals surface area contributed by atoms with Crippen molar-refractivity contribution in [2.24, 2.45) is 0 Å². The second kappa shape index (κ2) is 5.56. The van der Waals surface area contributed by atoms with Crippen LogP contribution < -0.4 is 10.6 Å². The van der Waals surface area contributed by atoms with Gasteiger partial charge in [-0.2, -0.15) is 9.97 Å². The van der Waals surface area contributed by atoms with Crippen LogP contribution in [0.4, 0.5) is 17.5 Å². The van der Waals surface area contributed by atoms with Gasteiger partial charge < -0.3 is 15.6 Å². The maximum atomic E-state index is 6.50. The summed E-state index contributed by atoms with van der Waals surface area (Å²) in [5.74, 6) is 1.20. The molecule has 4 aromatic rings. The van der Waals surface area contributed by atoms with Gasteiger partial charge in [0.15, 0.2) is 11.5 Å². The van der Waals surface area contributed by atoms with Gasteiger partial charge in [0.2, 0.25) is 5.95 Å². The summed E-state index contributed by atoms with van der Waals surface area (Å²) in [6, 6.07) is 8.20. The molecule has 0 radical (unpaired) electrons. The van der Waals surface area contributed by atoms with Crippen molar-refractivity contribution >= 4 is 51.1 Å². The van der Waals surface area contributed by atoms with Crippen molar-refractivity contribution in [3.8, 4) is 0 Å². The van der Waals surface area contributed by atoms with Gasteiger partial charge >= 0.3 is 0 Å². The highest BCUT2D eigenvalue weighted by molar-refractivity contribution is 6.37. The lowest BCUT2D eigenvalue weighted by molar-refractivity contribution is 1.10. The summed E-state index contributed by atoms with van der Waals surface area (Å²) in [5.41, 5.74) is 2.87. The largest absolute Gasteiger partial charge is 0.365 e. The molecule has 3 heterocycles. The minimum atomic E-state index is 0.444. The quantitative estimate of drug-likeness (QED) is 0.517. The van der Waals surface area contributed by atoms with Crippen molar-refractivity contribution in [2.45, 2.75) is 18.9 Å². The van der Waals surface area contributed by atoms with E-state index in [4.69, 9.17) is 11.6 Å². The number of H-pyrrole nitrogens is 1. The van der Waals surface area contributed by atoms with E-state index in [2.05, 4.69) is 35.6 Å². The molecule has 3 aromatic heterocycles. The van der Waals surface area contributed by atoms with Crippen LogP contribution in [-0.4, -0.2) is 31.0 Å². The Bertz CT molecular complexity index is 1090. The molecule has 1 fully saturated rings. The SMILES string of the molecule is Clc1c(Nc2nc(NC3CC3)c3[nH]cnc3n2)ccc2cccnc12. The second-order valence-electron chi connectivity index (χ2n) is 6.04. The molecule has 7 nitrogen and oxygen atoms in total. The molecule has 0 spiro atoms. The molecule has 0 aliphatic heterocycles. The summed E-state index contributed by atoms with van der Waals surface area (Å²) >= 11 is 6.50. The summed E-state index contributed by atoms with van der Waals surface area (Å²) in [6.45, 7) is 0. The summed E-state index contributed by atoms with van der Waals surface area (Å²) < 4.78 is 0. The van der Waals surface area contributed by atoms with E-state index in [0.717, 1.165) is 35.1 Å². The lowest BCUT2D eigenvalue weighted by Crippen LogP contribution is -2.07. The Labute approximate surface area is 147 Å². The van der Waals surface area contributed by atoms with Crippen molar-refractivity contribution in [1.82, 2.24) is 24.9 Å². The third-order valence-electron chi connectivity index (χ3n) is 4.16. The molecular weight excluding hydrogens is 338 g/mol. The van der Waals surface area contributed by atoms with Gasteiger partial charge in [0.05, 0.1) is 22.6 Å². The minimum Gasteiger partial charge on any atom is -0.365 e. The lowest BCUT2D eigenvalue weighted by atomic mass is 10.2. The van der Waals surface area contributed by atoms with E-state index in [1.807, 2.05) is 24.3 Å². The van der Waals surface area contributed by atoms with Gasteiger partial charge in [0, 0.05) is 17.6 Å². The Morgan fingerprint density at radius 1 is 1.12 bits per heavy atom. The van der Waals surface area contributed by atoms with Gasteiger partial charge in [-0.1, -0.05) is 23.7 Å². The van der Waals surface area contributed by atoms with Crippen molar-refractivity contribution in [2.75, 3.05) is 10.6 Å². The third-order valence-corrected chi connectivity index (χ3v) is 4.55. The zero-order valence-corrected chi connectivity index (χ0v) is 13.9. The Morgan fingerprint density at radius 3 is 2.92 bits per heavy atom. The molecule has 0 bridgehead atoms. The lowest BCUT2D eigenvalue weighted by Gasteiger charge is -2.11. The van der Waals surface area contributed by atoms with Crippen molar-refractivity contribution in [3.05, 3.63) is 41.8 Å². The van der Waals surface area contributed by atoms with Crippen molar-refractivity contribution in [3.63, 3.8) is 0 Å². The molecule has 0 atom stereocenters. The van der Waals surface area contributed by atoms with E-state index >= 15 is 0 Å². The van der Waals surface area contributed by atoms with Crippen LogP contribution in [0.5, 0.6) is 0 Å². The van der Waals surface area contributed by atoms with Crippen LogP contribution >= 0.6 is 11.6 Å². The molecule has 1 aliphatic rings. The Balaban J connectivity index is 1.56. The number of aromatic amines is 1. The van der Waals surface area contributed by atoms with E-state index in [9.17, 15) is 0 Å². The highest BCUT2D eigenvalue weighted by Crippen LogP contribution is 2.32. The predicted octanol–water partition coefficient (Wildman–Crippen LogP) is 3.87. The molecule has 8 heteroatoms. The van der Waals surface area contributed by atoms with Crippen LogP contribution in [0.15, 0.2) is 36.8 Å². The molecule has 0 amide bonds. The molecule has 25 heavy (non-hydrogen) atoms. The number of anilines is 3. The third kappa shape index (κ3) is 2.62. The van der Waals surface area contributed by atoms with Gasteiger partial charge in [-0.15, -0.1) is 0 Å². The maximum absolute atomic E-state index is 6.50. The zero-order chi connectivity index (χ0) is 16.8. The number of hydrogen-bond donors (Lipinski definition) is 3. The fraction of sp³-hybridized carbons (Fsp3) is 0.176. The van der Waals surface area contributed by atoms with Crippen LogP contribution in [0.2, 0.25) is 5.02 Å². The van der Waals surface area contributed by atoms with Gasteiger partial charge in [-0.05, 0) is 25.0 Å². The maximum Gasteiger partial charge on any atom is 0.231 e. The molecule has 3 N–H and O–H groups in total. The first-order valence-electron chi connectivity index (χ1n) is 8.06. The van der Waals surface area contributed by atoms with Crippen LogP contribution in [0, 0.1) is 0 Å². The number of benzene rings is 1. The van der Waals surface area contributed by atoms with Crippen molar-refractivity contribution in [1.29, 1.82) is 0 Å². The fourth-order valence-electron chi connectivity index (χ4n) is 2.74. The smallest absolute Gasteiger partial charge is 0.231 e. The summed E-state index contributed by atoms with van der Waals surface area (Å²) in [6.07, 6.45) is 5.66. The highest BCUT2D eigenvalue weighted by Gasteiger charge is 2.23.